The number of nitrogens with zero attached hydrogens (tertiary/aromatic N) is 2. The normalized spacial score (nSPS) is 22.6. The number of amides is 1. The van der Waals surface area contributed by atoms with Gasteiger partial charge in [-0.3, -0.25) is 9.69 Å². The highest BCUT2D eigenvalue weighted by Gasteiger charge is 2.28. The van der Waals surface area contributed by atoms with Crippen molar-refractivity contribution in [3.8, 4) is 0 Å². The van der Waals surface area contributed by atoms with Crippen LogP contribution < -0.4 is 5.32 Å². The molecule has 1 aromatic rings. The topological polar surface area (TPSA) is 35.6 Å². The van der Waals surface area contributed by atoms with Crippen LogP contribution in [0.4, 0.5) is 5.69 Å². The van der Waals surface area contributed by atoms with Crippen LogP contribution in [-0.4, -0.2) is 60.7 Å². The molecule has 1 unspecified atom stereocenters. The Morgan fingerprint density at radius 1 is 1.26 bits per heavy atom. The first-order valence-electron chi connectivity index (χ1n) is 8.65. The lowest BCUT2D eigenvalue weighted by Gasteiger charge is -2.27. The van der Waals surface area contributed by atoms with Gasteiger partial charge < -0.3 is 10.2 Å². The highest BCUT2D eigenvalue weighted by atomic mass is 32.2. The minimum atomic E-state index is 0.108. The quantitative estimate of drug-likeness (QED) is 0.812. The van der Waals surface area contributed by atoms with Crippen LogP contribution in [0.5, 0.6) is 0 Å². The van der Waals surface area contributed by atoms with E-state index in [9.17, 15) is 4.79 Å². The van der Waals surface area contributed by atoms with Crippen molar-refractivity contribution in [1.82, 2.24) is 9.80 Å². The van der Waals surface area contributed by atoms with Gasteiger partial charge in [0.25, 0.3) is 0 Å². The predicted octanol–water partition coefficient (Wildman–Crippen LogP) is 2.91. The predicted molar refractivity (Wildman–Crippen MR) is 97.1 cm³/mol. The van der Waals surface area contributed by atoms with Crippen LogP contribution >= 0.6 is 11.8 Å². The number of benzene rings is 1. The van der Waals surface area contributed by atoms with Gasteiger partial charge in [-0.25, -0.2) is 0 Å². The van der Waals surface area contributed by atoms with Gasteiger partial charge in [-0.1, -0.05) is 6.07 Å². The van der Waals surface area contributed by atoms with Crippen LogP contribution in [0, 0.1) is 0 Å². The van der Waals surface area contributed by atoms with Crippen molar-refractivity contribution in [2.75, 3.05) is 44.3 Å². The van der Waals surface area contributed by atoms with E-state index in [1.807, 2.05) is 24.5 Å². The van der Waals surface area contributed by atoms with E-state index in [0.717, 1.165) is 18.8 Å². The van der Waals surface area contributed by atoms with E-state index in [-0.39, 0.29) is 5.91 Å². The van der Waals surface area contributed by atoms with Gasteiger partial charge in [0.15, 0.2) is 0 Å². The second kappa shape index (κ2) is 8.18. The molecule has 3 rings (SSSR count). The molecule has 0 aliphatic carbocycles. The molecule has 0 bridgehead atoms. The molecule has 0 radical (unpaired) electrons. The second-order valence-electron chi connectivity index (χ2n) is 6.55. The van der Waals surface area contributed by atoms with Gasteiger partial charge in [-0.15, -0.1) is 11.8 Å². The van der Waals surface area contributed by atoms with Crippen molar-refractivity contribution in [2.45, 2.75) is 36.6 Å². The van der Waals surface area contributed by atoms with Crippen molar-refractivity contribution < 1.29 is 4.79 Å². The van der Waals surface area contributed by atoms with Crippen LogP contribution in [0.2, 0.25) is 0 Å². The first-order chi connectivity index (χ1) is 11.2. The van der Waals surface area contributed by atoms with Crippen molar-refractivity contribution in [3.63, 3.8) is 0 Å². The zero-order valence-electron chi connectivity index (χ0n) is 14.0. The number of anilines is 1. The Morgan fingerprint density at radius 2 is 2.09 bits per heavy atom. The van der Waals surface area contributed by atoms with Crippen molar-refractivity contribution in [3.05, 3.63) is 24.3 Å². The summed E-state index contributed by atoms with van der Waals surface area (Å²) in [6.07, 6.45) is 7.16. The molecule has 5 heteroatoms. The highest BCUT2D eigenvalue weighted by molar-refractivity contribution is 7.98. The van der Waals surface area contributed by atoms with E-state index in [1.54, 1.807) is 11.8 Å². The molecule has 0 saturated carbocycles. The number of carbonyl (C=O) groups excluding carboxylic acids is 1. The Bertz CT molecular complexity index is 531. The average Bonchev–Trinajstić information content (AvgIpc) is 3.20. The third-order valence-corrected chi connectivity index (χ3v) is 5.59. The summed E-state index contributed by atoms with van der Waals surface area (Å²) < 4.78 is 0. The van der Waals surface area contributed by atoms with Gasteiger partial charge >= 0.3 is 0 Å². The zero-order valence-corrected chi connectivity index (χ0v) is 14.8. The molecule has 0 spiro atoms. The Balaban J connectivity index is 1.51. The molecule has 2 fully saturated rings. The number of hydrogen-bond acceptors (Lipinski definition) is 4. The van der Waals surface area contributed by atoms with E-state index in [1.165, 1.54) is 43.7 Å². The molecular weight excluding hydrogens is 306 g/mol. The molecule has 1 amide bonds. The second-order valence-corrected chi connectivity index (χ2v) is 7.43. The van der Waals surface area contributed by atoms with Crippen LogP contribution in [-0.2, 0) is 4.79 Å². The molecule has 2 aliphatic rings. The third kappa shape index (κ3) is 4.72. The fourth-order valence-electron chi connectivity index (χ4n) is 3.66. The molecule has 2 heterocycles. The van der Waals surface area contributed by atoms with Gasteiger partial charge in [-0.05, 0) is 69.8 Å². The van der Waals surface area contributed by atoms with Crippen LogP contribution in [0.3, 0.4) is 0 Å². The van der Waals surface area contributed by atoms with Gasteiger partial charge in [0.05, 0.1) is 6.54 Å². The standard InChI is InChI=1S/C18H27N3OS/c1-23-17-8-4-6-15(12-17)19-18(22)14-21-11-5-7-16(21)13-20-9-2-3-10-20/h4,6,8,12,16H,2-3,5,7,9-11,13-14H2,1H3,(H,19,22). The van der Waals surface area contributed by atoms with Gasteiger partial charge in [0.2, 0.25) is 5.91 Å². The maximum absolute atomic E-state index is 12.4. The fourth-order valence-corrected chi connectivity index (χ4v) is 4.12. The number of likely N-dealkylation sites (tertiary alicyclic amines) is 2. The average molecular weight is 334 g/mol. The van der Waals surface area contributed by atoms with Crippen molar-refractivity contribution >= 4 is 23.4 Å². The van der Waals surface area contributed by atoms with Crippen LogP contribution in [0.15, 0.2) is 29.2 Å². The molecule has 1 N–H and O–H groups in total. The molecule has 2 aliphatic heterocycles. The lowest BCUT2D eigenvalue weighted by molar-refractivity contribution is -0.117. The number of carbonyl (C=O) groups is 1. The van der Waals surface area contributed by atoms with Crippen molar-refractivity contribution in [2.24, 2.45) is 0 Å². The molecule has 0 aromatic heterocycles. The van der Waals surface area contributed by atoms with Gasteiger partial charge in [-0.2, -0.15) is 0 Å². The molecule has 126 valence electrons. The lowest BCUT2D eigenvalue weighted by Crippen LogP contribution is -2.42. The summed E-state index contributed by atoms with van der Waals surface area (Å²) in [4.78, 5) is 18.5. The van der Waals surface area contributed by atoms with E-state index in [0.29, 0.717) is 12.6 Å². The first-order valence-corrected chi connectivity index (χ1v) is 9.87. The lowest BCUT2D eigenvalue weighted by atomic mass is 10.2. The van der Waals surface area contributed by atoms with Crippen molar-refractivity contribution in [1.29, 1.82) is 0 Å². The Kier molecular flexibility index (Phi) is 5.97. The van der Waals surface area contributed by atoms with Crippen LogP contribution in [0.1, 0.15) is 25.7 Å². The number of rotatable bonds is 6. The molecule has 1 aromatic carbocycles. The summed E-state index contributed by atoms with van der Waals surface area (Å²) in [5, 5.41) is 3.05. The van der Waals surface area contributed by atoms with E-state index < -0.39 is 0 Å². The summed E-state index contributed by atoms with van der Waals surface area (Å²) >= 11 is 1.69. The van der Waals surface area contributed by atoms with Crippen LogP contribution in [0.25, 0.3) is 0 Å². The fraction of sp³-hybridized carbons (Fsp3) is 0.611. The summed E-state index contributed by atoms with van der Waals surface area (Å²) in [5.41, 5.74) is 0.900. The zero-order chi connectivity index (χ0) is 16.1. The molecular formula is C18H27N3OS. The maximum atomic E-state index is 12.4. The summed E-state index contributed by atoms with van der Waals surface area (Å²) in [6, 6.07) is 8.61. The monoisotopic (exact) mass is 333 g/mol. The SMILES string of the molecule is CSc1cccc(NC(=O)CN2CCCC2CN2CCCC2)c1. The smallest absolute Gasteiger partial charge is 0.238 e. The molecule has 1 atom stereocenters. The largest absolute Gasteiger partial charge is 0.325 e. The first kappa shape index (κ1) is 16.8. The third-order valence-electron chi connectivity index (χ3n) is 4.87. The number of hydrogen-bond donors (Lipinski definition) is 1. The van der Waals surface area contributed by atoms with Gasteiger partial charge in [0, 0.05) is 23.2 Å². The Hall–Kier alpha value is -1.04. The molecule has 2 saturated heterocycles. The minimum Gasteiger partial charge on any atom is -0.325 e. The Morgan fingerprint density at radius 3 is 2.87 bits per heavy atom. The molecule has 4 nitrogen and oxygen atoms in total. The Labute approximate surface area is 143 Å². The number of nitrogens with one attached hydrogen (secondary N) is 1. The van der Waals surface area contributed by atoms with E-state index in [4.69, 9.17) is 0 Å². The number of thioether (sulfide) groups is 1. The molecule has 23 heavy (non-hydrogen) atoms. The minimum absolute atomic E-state index is 0.108. The van der Waals surface area contributed by atoms with Gasteiger partial charge in [0.1, 0.15) is 0 Å². The summed E-state index contributed by atoms with van der Waals surface area (Å²) in [6.45, 7) is 5.17. The van der Waals surface area contributed by atoms with E-state index in [2.05, 4.69) is 21.2 Å². The highest BCUT2D eigenvalue weighted by Crippen LogP contribution is 2.21. The summed E-state index contributed by atoms with van der Waals surface area (Å²) in [7, 11) is 0. The maximum Gasteiger partial charge on any atom is 0.238 e. The van der Waals surface area contributed by atoms with E-state index >= 15 is 0 Å². The summed E-state index contributed by atoms with van der Waals surface area (Å²) in [5.74, 6) is 0.108.